The number of nitrogens with zero attached hydrogens (tertiary/aromatic N) is 5. The summed E-state index contributed by atoms with van der Waals surface area (Å²) in [6.07, 6.45) is 6.48. The molecule has 9 heteroatoms. The second kappa shape index (κ2) is 11.7. The van der Waals surface area contributed by atoms with E-state index in [-0.39, 0.29) is 41.8 Å². The molecule has 3 heterocycles. The van der Waals surface area contributed by atoms with Gasteiger partial charge in [0.1, 0.15) is 11.6 Å². The number of amides is 1. The van der Waals surface area contributed by atoms with Gasteiger partial charge in [0, 0.05) is 57.5 Å². The first-order valence-corrected chi connectivity index (χ1v) is 10.8. The van der Waals surface area contributed by atoms with Crippen molar-refractivity contribution in [2.24, 2.45) is 10.9 Å². The lowest BCUT2D eigenvalue weighted by Gasteiger charge is -2.20. The van der Waals surface area contributed by atoms with Crippen LogP contribution in [0.25, 0.3) is 0 Å². The number of likely N-dealkylation sites (tertiary alicyclic amines) is 1. The standard InChI is InChI=1S/C20H35N7O.HI/c1-4-21-20(23-16-10-13-26(14-16)19(28)15(2)3)22-11-9-18-25-24-17-8-6-5-7-12-27(17)18;/h15-16H,4-14H2,1-3H3,(H2,21,22,23);1H. The van der Waals surface area contributed by atoms with E-state index in [9.17, 15) is 4.79 Å². The summed E-state index contributed by atoms with van der Waals surface area (Å²) >= 11 is 0. The van der Waals surface area contributed by atoms with Crippen LogP contribution in [0.5, 0.6) is 0 Å². The summed E-state index contributed by atoms with van der Waals surface area (Å²) < 4.78 is 2.29. The second-order valence-electron chi connectivity index (χ2n) is 8.07. The van der Waals surface area contributed by atoms with Crippen LogP contribution >= 0.6 is 24.0 Å². The number of halogens is 1. The largest absolute Gasteiger partial charge is 0.357 e. The Bertz CT molecular complexity index is 688. The van der Waals surface area contributed by atoms with Crippen molar-refractivity contribution in [1.82, 2.24) is 30.3 Å². The molecule has 1 aromatic rings. The van der Waals surface area contributed by atoms with E-state index in [1.807, 2.05) is 18.7 Å². The van der Waals surface area contributed by atoms with Crippen molar-refractivity contribution in [3.63, 3.8) is 0 Å². The van der Waals surface area contributed by atoms with Gasteiger partial charge in [0.15, 0.2) is 5.96 Å². The first-order valence-electron chi connectivity index (χ1n) is 10.8. The number of aliphatic imine (C=N–C) groups is 1. The third kappa shape index (κ3) is 6.55. The summed E-state index contributed by atoms with van der Waals surface area (Å²) in [5, 5.41) is 15.6. The van der Waals surface area contributed by atoms with Crippen molar-refractivity contribution >= 4 is 35.8 Å². The fourth-order valence-electron chi connectivity index (χ4n) is 3.95. The average molecular weight is 517 g/mol. The van der Waals surface area contributed by atoms with Crippen molar-refractivity contribution in [1.29, 1.82) is 0 Å². The first-order chi connectivity index (χ1) is 13.6. The highest BCUT2D eigenvalue weighted by molar-refractivity contribution is 14.0. The first kappa shape index (κ1) is 23.9. The molecule has 1 fully saturated rings. The minimum atomic E-state index is 0. The van der Waals surface area contributed by atoms with E-state index >= 15 is 0 Å². The molecule has 0 spiro atoms. The fourth-order valence-corrected chi connectivity index (χ4v) is 3.95. The van der Waals surface area contributed by atoms with Gasteiger partial charge in [-0.3, -0.25) is 9.79 Å². The van der Waals surface area contributed by atoms with Crippen molar-refractivity contribution in [3.05, 3.63) is 11.6 Å². The van der Waals surface area contributed by atoms with E-state index in [0.717, 1.165) is 63.0 Å². The Labute approximate surface area is 191 Å². The number of fused-ring (bicyclic) bond motifs is 1. The lowest BCUT2D eigenvalue weighted by Crippen LogP contribution is -2.45. The monoisotopic (exact) mass is 517 g/mol. The molecule has 29 heavy (non-hydrogen) atoms. The van der Waals surface area contributed by atoms with Crippen LogP contribution < -0.4 is 10.6 Å². The smallest absolute Gasteiger partial charge is 0.225 e. The maximum absolute atomic E-state index is 12.2. The maximum Gasteiger partial charge on any atom is 0.225 e. The molecule has 8 nitrogen and oxygen atoms in total. The molecule has 0 bridgehead atoms. The molecule has 3 rings (SSSR count). The highest BCUT2D eigenvalue weighted by Gasteiger charge is 2.28. The molecule has 2 aliphatic rings. The zero-order chi connectivity index (χ0) is 19.9. The van der Waals surface area contributed by atoms with E-state index in [1.54, 1.807) is 0 Å². The van der Waals surface area contributed by atoms with Crippen LogP contribution in [0.2, 0.25) is 0 Å². The SMILES string of the molecule is CCNC(=NCCc1nnc2n1CCCCC2)NC1CCN(C(=O)C(C)C)C1.I. The predicted octanol–water partition coefficient (Wildman–Crippen LogP) is 1.98. The molecule has 0 saturated carbocycles. The van der Waals surface area contributed by atoms with Gasteiger partial charge in [-0.25, -0.2) is 0 Å². The third-order valence-electron chi connectivity index (χ3n) is 5.47. The number of guanidine groups is 1. The van der Waals surface area contributed by atoms with Crippen molar-refractivity contribution in [2.45, 2.75) is 71.9 Å². The highest BCUT2D eigenvalue weighted by Crippen LogP contribution is 2.15. The highest BCUT2D eigenvalue weighted by atomic mass is 127. The number of hydrogen-bond acceptors (Lipinski definition) is 4. The topological polar surface area (TPSA) is 87.4 Å². The van der Waals surface area contributed by atoms with E-state index in [1.165, 1.54) is 19.3 Å². The van der Waals surface area contributed by atoms with Crippen molar-refractivity contribution in [3.8, 4) is 0 Å². The number of carbonyl (C=O) groups excluding carboxylic acids is 1. The number of hydrogen-bond donors (Lipinski definition) is 2. The van der Waals surface area contributed by atoms with Crippen molar-refractivity contribution < 1.29 is 4.79 Å². The Morgan fingerprint density at radius 1 is 1.24 bits per heavy atom. The molecule has 0 radical (unpaired) electrons. The summed E-state index contributed by atoms with van der Waals surface area (Å²) in [4.78, 5) is 18.9. The van der Waals surface area contributed by atoms with Gasteiger partial charge >= 0.3 is 0 Å². The normalized spacial score (nSPS) is 19.5. The molecular weight excluding hydrogens is 481 g/mol. The molecule has 1 saturated heterocycles. The maximum atomic E-state index is 12.2. The minimum Gasteiger partial charge on any atom is -0.357 e. The van der Waals surface area contributed by atoms with Gasteiger partial charge in [0.05, 0.1) is 0 Å². The predicted molar refractivity (Wildman–Crippen MR) is 126 cm³/mol. The van der Waals surface area contributed by atoms with Crippen LogP contribution in [0, 0.1) is 5.92 Å². The Morgan fingerprint density at radius 2 is 2.07 bits per heavy atom. The van der Waals surface area contributed by atoms with Crippen LogP contribution in [0.15, 0.2) is 4.99 Å². The zero-order valence-electron chi connectivity index (χ0n) is 18.0. The minimum absolute atomic E-state index is 0. The molecule has 2 aliphatic heterocycles. The Balaban J connectivity index is 0.00000300. The summed E-state index contributed by atoms with van der Waals surface area (Å²) in [6, 6.07) is 0.255. The molecule has 1 amide bonds. The van der Waals surface area contributed by atoms with Gasteiger partial charge < -0.3 is 20.1 Å². The lowest BCUT2D eigenvalue weighted by atomic mass is 10.2. The average Bonchev–Trinajstić information content (AvgIpc) is 3.21. The van der Waals surface area contributed by atoms with E-state index in [2.05, 4.69) is 32.3 Å². The zero-order valence-corrected chi connectivity index (χ0v) is 20.3. The molecular formula is C20H36IN7O. The molecule has 2 N–H and O–H groups in total. The van der Waals surface area contributed by atoms with E-state index < -0.39 is 0 Å². The Morgan fingerprint density at radius 3 is 2.83 bits per heavy atom. The second-order valence-corrected chi connectivity index (χ2v) is 8.07. The van der Waals surface area contributed by atoms with Crippen LogP contribution in [0.3, 0.4) is 0 Å². The Kier molecular flexibility index (Phi) is 9.64. The fraction of sp³-hybridized carbons (Fsp3) is 0.800. The van der Waals surface area contributed by atoms with Gasteiger partial charge in [0.25, 0.3) is 0 Å². The number of carbonyl (C=O) groups is 1. The summed E-state index contributed by atoms with van der Waals surface area (Å²) in [7, 11) is 0. The number of aromatic nitrogens is 3. The van der Waals surface area contributed by atoms with Gasteiger partial charge in [-0.1, -0.05) is 20.3 Å². The summed E-state index contributed by atoms with van der Waals surface area (Å²) in [6.45, 7) is 10.1. The third-order valence-corrected chi connectivity index (χ3v) is 5.47. The van der Waals surface area contributed by atoms with Gasteiger partial charge in [-0.05, 0) is 26.2 Å². The molecule has 1 unspecified atom stereocenters. The van der Waals surface area contributed by atoms with Gasteiger partial charge in [0.2, 0.25) is 5.91 Å². The number of nitrogens with one attached hydrogen (secondary N) is 2. The summed E-state index contributed by atoms with van der Waals surface area (Å²) in [5.41, 5.74) is 0. The van der Waals surface area contributed by atoms with E-state index in [0.29, 0.717) is 6.54 Å². The molecule has 1 aromatic heterocycles. The van der Waals surface area contributed by atoms with E-state index in [4.69, 9.17) is 4.99 Å². The van der Waals surface area contributed by atoms with Gasteiger partial charge in [-0.15, -0.1) is 34.2 Å². The number of rotatable bonds is 6. The van der Waals surface area contributed by atoms with Crippen LogP contribution in [-0.2, 0) is 24.2 Å². The van der Waals surface area contributed by atoms with Crippen LogP contribution in [0.1, 0.15) is 58.1 Å². The molecule has 0 aromatic carbocycles. The Hall–Kier alpha value is -1.39. The lowest BCUT2D eigenvalue weighted by molar-refractivity contribution is -0.133. The summed E-state index contributed by atoms with van der Waals surface area (Å²) in [5.74, 6) is 3.29. The molecule has 164 valence electrons. The molecule has 0 aliphatic carbocycles. The molecule has 1 atom stereocenters. The number of aryl methyl sites for hydroxylation is 1. The van der Waals surface area contributed by atoms with Crippen LogP contribution in [0.4, 0.5) is 0 Å². The van der Waals surface area contributed by atoms with Gasteiger partial charge in [-0.2, -0.15) is 0 Å². The van der Waals surface area contributed by atoms with Crippen molar-refractivity contribution in [2.75, 3.05) is 26.2 Å². The quantitative estimate of drug-likeness (QED) is 0.343. The van der Waals surface area contributed by atoms with Crippen LogP contribution in [-0.4, -0.2) is 63.8 Å².